The molecule has 0 unspecified atom stereocenters. The quantitative estimate of drug-likeness (QED) is 0.237. The zero-order valence-electron chi connectivity index (χ0n) is 8.08. The van der Waals surface area contributed by atoms with Gasteiger partial charge in [0.1, 0.15) is 0 Å². The molecule has 1 aromatic rings. The fourth-order valence-corrected chi connectivity index (χ4v) is 1.91. The third kappa shape index (κ3) is 3.63. The Morgan fingerprint density at radius 3 is 2.94 bits per heavy atom. The van der Waals surface area contributed by atoms with Crippen LogP contribution in [0, 0.1) is 3.57 Å². The Hall–Kier alpha value is -0.830. The van der Waals surface area contributed by atoms with Crippen molar-refractivity contribution in [1.29, 1.82) is 0 Å². The maximum atomic E-state index is 11.7. The van der Waals surface area contributed by atoms with Crippen LogP contribution in [-0.4, -0.2) is 23.5 Å². The predicted molar refractivity (Wildman–Crippen MR) is 72.6 cm³/mol. The summed E-state index contributed by atoms with van der Waals surface area (Å²) in [6.45, 7) is 0.0118. The van der Waals surface area contributed by atoms with Gasteiger partial charge in [0.15, 0.2) is 5.84 Å². The summed E-state index contributed by atoms with van der Waals surface area (Å²) in [6, 6.07) is 5.38. The minimum absolute atomic E-state index is 0.0118. The zero-order chi connectivity index (χ0) is 12.1. The molecule has 0 aliphatic rings. The molecule has 5 nitrogen and oxygen atoms in total. The molecule has 4 N–H and O–H groups in total. The molecule has 0 aromatic heterocycles. The first-order valence-corrected chi connectivity index (χ1v) is 6.11. The Morgan fingerprint density at radius 1 is 1.62 bits per heavy atom. The molecular weight excluding hydrogens is 389 g/mol. The summed E-state index contributed by atoms with van der Waals surface area (Å²) in [5.74, 6) is -0.310. The highest BCUT2D eigenvalue weighted by molar-refractivity contribution is 14.1. The molecule has 0 radical (unpaired) electrons. The molecule has 7 heteroatoms. The molecule has 0 spiro atoms. The van der Waals surface area contributed by atoms with Crippen molar-refractivity contribution in [2.45, 2.75) is 0 Å². The molecule has 0 atom stereocenters. The van der Waals surface area contributed by atoms with Crippen LogP contribution in [0.5, 0.6) is 0 Å². The predicted octanol–water partition coefficient (Wildman–Crippen LogP) is 1.53. The lowest BCUT2D eigenvalue weighted by Crippen LogP contribution is -2.33. The third-order valence-corrected chi connectivity index (χ3v) is 3.17. The van der Waals surface area contributed by atoms with Gasteiger partial charge >= 0.3 is 0 Å². The van der Waals surface area contributed by atoms with Crippen LogP contribution in [0.25, 0.3) is 0 Å². The van der Waals surface area contributed by atoms with E-state index in [1.54, 1.807) is 6.07 Å². The number of carbonyl (C=O) groups is 1. The number of rotatable bonds is 3. The van der Waals surface area contributed by atoms with Crippen LogP contribution >= 0.6 is 38.5 Å². The topological polar surface area (TPSA) is 87.7 Å². The fraction of sp³-hybridized carbons (Fsp3) is 0.111. The van der Waals surface area contributed by atoms with Gasteiger partial charge in [-0.25, -0.2) is 0 Å². The minimum atomic E-state index is -0.266. The van der Waals surface area contributed by atoms with Gasteiger partial charge in [0.05, 0.1) is 12.1 Å². The first-order valence-electron chi connectivity index (χ1n) is 4.24. The van der Waals surface area contributed by atoms with Crippen LogP contribution in [-0.2, 0) is 0 Å². The van der Waals surface area contributed by atoms with Crippen molar-refractivity contribution < 1.29 is 10.0 Å². The number of nitrogens with two attached hydrogens (primary N) is 1. The molecular formula is C9H9BrIN3O2. The number of amides is 1. The van der Waals surface area contributed by atoms with Gasteiger partial charge in [-0.1, -0.05) is 21.1 Å². The van der Waals surface area contributed by atoms with Gasteiger partial charge in [0, 0.05) is 8.04 Å². The van der Waals surface area contributed by atoms with E-state index in [0.717, 1.165) is 8.04 Å². The van der Waals surface area contributed by atoms with E-state index >= 15 is 0 Å². The molecule has 86 valence electrons. The average Bonchev–Trinajstić information content (AvgIpc) is 2.28. The van der Waals surface area contributed by atoms with E-state index < -0.39 is 0 Å². The lowest BCUT2D eigenvalue weighted by Gasteiger charge is -2.06. The molecule has 16 heavy (non-hydrogen) atoms. The molecule has 0 heterocycles. The standard InChI is InChI=1S/C9H9BrIN3O2/c10-5-1-2-7(11)6(3-5)9(15)13-4-8(12)14-16/h1-3,16H,4H2,(H2,12,14)(H,13,15). The lowest BCUT2D eigenvalue weighted by atomic mass is 10.2. The number of nitrogens with zero attached hydrogens (tertiary/aromatic N) is 1. The van der Waals surface area contributed by atoms with E-state index in [-0.39, 0.29) is 18.3 Å². The van der Waals surface area contributed by atoms with Crippen LogP contribution in [0.3, 0.4) is 0 Å². The fourth-order valence-electron chi connectivity index (χ4n) is 0.973. The van der Waals surface area contributed by atoms with Gasteiger partial charge < -0.3 is 16.3 Å². The Kier molecular flexibility index (Phi) is 5.00. The number of oxime groups is 1. The van der Waals surface area contributed by atoms with Gasteiger partial charge in [0.2, 0.25) is 0 Å². The van der Waals surface area contributed by atoms with Crippen molar-refractivity contribution in [3.63, 3.8) is 0 Å². The SMILES string of the molecule is N/C(CNC(=O)c1cc(Br)ccc1I)=N/O. The molecule has 1 amide bonds. The second-order valence-electron chi connectivity index (χ2n) is 2.90. The first-order chi connectivity index (χ1) is 7.54. The highest BCUT2D eigenvalue weighted by Gasteiger charge is 2.10. The van der Waals surface area contributed by atoms with Crippen molar-refractivity contribution in [2.75, 3.05) is 6.54 Å². The molecule has 1 rings (SSSR count). The van der Waals surface area contributed by atoms with Crippen molar-refractivity contribution >= 4 is 50.3 Å². The lowest BCUT2D eigenvalue weighted by molar-refractivity contribution is 0.0958. The third-order valence-electron chi connectivity index (χ3n) is 1.73. The number of halogens is 2. The van der Waals surface area contributed by atoms with E-state index in [0.29, 0.717) is 5.56 Å². The van der Waals surface area contributed by atoms with E-state index in [4.69, 9.17) is 10.9 Å². The number of benzene rings is 1. The van der Waals surface area contributed by atoms with Crippen molar-refractivity contribution in [1.82, 2.24) is 5.32 Å². The number of carbonyl (C=O) groups excluding carboxylic acids is 1. The maximum Gasteiger partial charge on any atom is 0.252 e. The molecule has 0 fully saturated rings. The summed E-state index contributed by atoms with van der Waals surface area (Å²) in [5.41, 5.74) is 5.78. The Morgan fingerprint density at radius 2 is 2.31 bits per heavy atom. The van der Waals surface area contributed by atoms with Crippen LogP contribution in [0.4, 0.5) is 0 Å². The summed E-state index contributed by atoms with van der Waals surface area (Å²) >= 11 is 5.35. The van der Waals surface area contributed by atoms with Crippen LogP contribution in [0.15, 0.2) is 27.8 Å². The molecule has 0 saturated carbocycles. The molecule has 1 aromatic carbocycles. The normalized spacial score (nSPS) is 11.2. The van der Waals surface area contributed by atoms with Crippen molar-refractivity contribution in [2.24, 2.45) is 10.9 Å². The van der Waals surface area contributed by atoms with Crippen LogP contribution in [0.2, 0.25) is 0 Å². The highest BCUT2D eigenvalue weighted by Crippen LogP contribution is 2.18. The van der Waals surface area contributed by atoms with Gasteiger partial charge in [0.25, 0.3) is 5.91 Å². The van der Waals surface area contributed by atoms with Gasteiger partial charge in [-0.15, -0.1) is 0 Å². The first kappa shape index (κ1) is 13.2. The number of nitrogens with one attached hydrogen (secondary N) is 1. The van der Waals surface area contributed by atoms with Crippen LogP contribution < -0.4 is 11.1 Å². The van der Waals surface area contributed by atoms with Gasteiger partial charge in [-0.3, -0.25) is 4.79 Å². The largest absolute Gasteiger partial charge is 0.409 e. The Bertz CT molecular complexity index is 437. The summed E-state index contributed by atoms with van der Waals surface area (Å²) in [5, 5.41) is 13.6. The summed E-state index contributed by atoms with van der Waals surface area (Å²) in [6.07, 6.45) is 0. The summed E-state index contributed by atoms with van der Waals surface area (Å²) in [7, 11) is 0. The van der Waals surface area contributed by atoms with Crippen molar-refractivity contribution in [3.8, 4) is 0 Å². The van der Waals surface area contributed by atoms with Crippen molar-refractivity contribution in [3.05, 3.63) is 31.8 Å². The second-order valence-corrected chi connectivity index (χ2v) is 4.98. The van der Waals surface area contributed by atoms with Gasteiger partial charge in [-0.2, -0.15) is 0 Å². The zero-order valence-corrected chi connectivity index (χ0v) is 11.8. The Balaban J connectivity index is 2.77. The number of hydrogen-bond donors (Lipinski definition) is 3. The second kappa shape index (κ2) is 6.04. The smallest absolute Gasteiger partial charge is 0.252 e. The van der Waals surface area contributed by atoms with E-state index in [1.165, 1.54) is 0 Å². The monoisotopic (exact) mass is 397 g/mol. The maximum absolute atomic E-state index is 11.7. The van der Waals surface area contributed by atoms with Gasteiger partial charge in [-0.05, 0) is 40.8 Å². The number of hydrogen-bond acceptors (Lipinski definition) is 3. The molecule has 0 aliphatic heterocycles. The Labute approximate surface area is 114 Å². The van der Waals surface area contributed by atoms with Crippen LogP contribution in [0.1, 0.15) is 10.4 Å². The highest BCUT2D eigenvalue weighted by atomic mass is 127. The van der Waals surface area contributed by atoms with E-state index in [1.807, 2.05) is 12.1 Å². The van der Waals surface area contributed by atoms with E-state index in [2.05, 4.69) is 49.0 Å². The molecule has 0 aliphatic carbocycles. The minimum Gasteiger partial charge on any atom is -0.409 e. The summed E-state index contributed by atoms with van der Waals surface area (Å²) in [4.78, 5) is 11.7. The summed E-state index contributed by atoms with van der Waals surface area (Å²) < 4.78 is 1.65. The molecule has 0 saturated heterocycles. The number of amidine groups is 1. The average molecular weight is 398 g/mol. The van der Waals surface area contributed by atoms with E-state index in [9.17, 15) is 4.79 Å². The molecule has 0 bridgehead atoms.